The van der Waals surface area contributed by atoms with Crippen molar-refractivity contribution in [2.75, 3.05) is 34.4 Å². The Morgan fingerprint density at radius 1 is 1.05 bits per heavy atom. The Morgan fingerprint density at radius 3 is 2.27 bits per heavy atom. The summed E-state index contributed by atoms with van der Waals surface area (Å²) in [5.74, 6) is 2.17. The minimum Gasteiger partial charge on any atom is -0.493 e. The molecule has 0 atom stereocenters. The van der Waals surface area contributed by atoms with E-state index in [1.54, 1.807) is 21.3 Å². The largest absolute Gasteiger partial charge is 0.493 e. The molecule has 0 radical (unpaired) electrons. The summed E-state index contributed by atoms with van der Waals surface area (Å²) in [4.78, 5) is 14.6. The molecule has 0 aromatic heterocycles. The number of rotatable bonds is 4. The van der Waals surface area contributed by atoms with Crippen molar-refractivity contribution in [3.63, 3.8) is 0 Å². The molecule has 0 N–H and O–H groups in total. The van der Waals surface area contributed by atoms with E-state index < -0.39 is 0 Å². The Labute approximate surface area is 130 Å². The van der Waals surface area contributed by atoms with Gasteiger partial charge in [0, 0.05) is 24.6 Å². The highest BCUT2D eigenvalue weighted by Gasteiger charge is 2.36. The fraction of sp³-hybridized carbons (Fsp3) is 0.471. The van der Waals surface area contributed by atoms with Crippen molar-refractivity contribution in [2.45, 2.75) is 12.8 Å². The third-order valence-corrected chi connectivity index (χ3v) is 4.49. The first-order chi connectivity index (χ1) is 10.7. The normalized spacial score (nSPS) is 19.7. The highest BCUT2D eigenvalue weighted by atomic mass is 16.5. The first kappa shape index (κ1) is 14.8. The van der Waals surface area contributed by atoms with Gasteiger partial charge in [-0.2, -0.15) is 0 Å². The van der Waals surface area contributed by atoms with Crippen molar-refractivity contribution in [3.8, 4) is 17.2 Å². The van der Waals surface area contributed by atoms with Gasteiger partial charge in [-0.1, -0.05) is 0 Å². The van der Waals surface area contributed by atoms with E-state index in [4.69, 9.17) is 14.2 Å². The SMILES string of the molecule is COc1ccc(/C=C2/C(=O)C3CCN2CC3)c(OC)c1OC. The Morgan fingerprint density at radius 2 is 1.73 bits per heavy atom. The predicted octanol–water partition coefficient (Wildman–Crippen LogP) is 2.35. The Hall–Kier alpha value is -2.17. The maximum absolute atomic E-state index is 12.5. The minimum atomic E-state index is 0.183. The highest BCUT2D eigenvalue weighted by Crippen LogP contribution is 2.41. The Balaban J connectivity index is 2.05. The molecule has 3 heterocycles. The van der Waals surface area contributed by atoms with Crippen LogP contribution in [0.25, 0.3) is 6.08 Å². The molecule has 3 aliphatic rings. The van der Waals surface area contributed by atoms with Crippen LogP contribution in [0, 0.1) is 5.92 Å². The molecule has 0 aliphatic carbocycles. The molecule has 0 saturated carbocycles. The lowest BCUT2D eigenvalue weighted by molar-refractivity contribution is -0.125. The van der Waals surface area contributed by atoms with Gasteiger partial charge in [-0.05, 0) is 31.1 Å². The average Bonchev–Trinajstić information content (AvgIpc) is 2.57. The van der Waals surface area contributed by atoms with Crippen LogP contribution in [0.1, 0.15) is 18.4 Å². The van der Waals surface area contributed by atoms with Crippen molar-refractivity contribution in [1.82, 2.24) is 4.90 Å². The summed E-state index contributed by atoms with van der Waals surface area (Å²) in [6.45, 7) is 1.91. The standard InChI is InChI=1S/C17H21NO4/c1-20-14-5-4-12(16(21-2)17(14)22-3)10-13-15(19)11-6-8-18(13)9-7-11/h4-5,10-11H,6-9H2,1-3H3/b13-10-. The number of Topliss-reactive ketones (excluding diaryl/α,β-unsaturated/α-hetero) is 1. The number of nitrogens with zero attached hydrogens (tertiary/aromatic N) is 1. The summed E-state index contributed by atoms with van der Waals surface area (Å²) in [6.07, 6.45) is 3.85. The molecular weight excluding hydrogens is 282 g/mol. The van der Waals surface area contributed by atoms with E-state index in [-0.39, 0.29) is 11.7 Å². The van der Waals surface area contributed by atoms with Gasteiger partial charge >= 0.3 is 0 Å². The van der Waals surface area contributed by atoms with Gasteiger partial charge in [0.2, 0.25) is 5.75 Å². The Kier molecular flexibility index (Phi) is 3.96. The van der Waals surface area contributed by atoms with Gasteiger partial charge in [0.1, 0.15) is 0 Å². The summed E-state index contributed by atoms with van der Waals surface area (Å²) in [5.41, 5.74) is 1.61. The second-order valence-corrected chi connectivity index (χ2v) is 5.58. The molecule has 118 valence electrons. The zero-order chi connectivity index (χ0) is 15.7. The molecule has 3 fully saturated rings. The average molecular weight is 303 g/mol. The second kappa shape index (κ2) is 5.91. The van der Waals surface area contributed by atoms with Gasteiger partial charge in [0.25, 0.3) is 0 Å². The summed E-state index contributed by atoms with van der Waals surface area (Å²) in [7, 11) is 4.76. The number of ketones is 1. The Bertz CT molecular complexity index is 615. The smallest absolute Gasteiger partial charge is 0.203 e. The lowest BCUT2D eigenvalue weighted by Crippen LogP contribution is -2.45. The monoisotopic (exact) mass is 303 g/mol. The maximum Gasteiger partial charge on any atom is 0.203 e. The molecule has 1 aromatic carbocycles. The number of carbonyl (C=O) groups excluding carboxylic acids is 1. The van der Waals surface area contributed by atoms with Crippen molar-refractivity contribution in [1.29, 1.82) is 0 Å². The first-order valence-electron chi connectivity index (χ1n) is 7.49. The highest BCUT2D eigenvalue weighted by molar-refractivity contribution is 6.02. The molecule has 1 aromatic rings. The van der Waals surface area contributed by atoms with E-state index in [2.05, 4.69) is 4.90 Å². The third kappa shape index (κ3) is 2.30. The lowest BCUT2D eigenvalue weighted by atomic mass is 9.84. The third-order valence-electron chi connectivity index (χ3n) is 4.49. The van der Waals surface area contributed by atoms with Gasteiger partial charge in [0.05, 0.1) is 27.0 Å². The first-order valence-corrected chi connectivity index (χ1v) is 7.49. The van der Waals surface area contributed by atoms with Crippen LogP contribution in [0.5, 0.6) is 17.2 Å². The van der Waals surface area contributed by atoms with Crippen LogP contribution in [-0.2, 0) is 4.79 Å². The van der Waals surface area contributed by atoms with E-state index in [9.17, 15) is 4.79 Å². The fourth-order valence-corrected chi connectivity index (χ4v) is 3.30. The molecule has 0 spiro atoms. The molecule has 22 heavy (non-hydrogen) atoms. The number of carbonyl (C=O) groups is 1. The quantitative estimate of drug-likeness (QED) is 0.799. The van der Waals surface area contributed by atoms with Crippen LogP contribution in [0.2, 0.25) is 0 Å². The van der Waals surface area contributed by atoms with E-state index >= 15 is 0 Å². The van der Waals surface area contributed by atoms with Crippen molar-refractivity contribution < 1.29 is 19.0 Å². The minimum absolute atomic E-state index is 0.183. The van der Waals surface area contributed by atoms with Gasteiger partial charge < -0.3 is 19.1 Å². The summed E-state index contributed by atoms with van der Waals surface area (Å²) < 4.78 is 16.2. The predicted molar refractivity (Wildman–Crippen MR) is 83.4 cm³/mol. The van der Waals surface area contributed by atoms with Crippen LogP contribution in [-0.4, -0.2) is 45.1 Å². The molecule has 2 bridgehead atoms. The van der Waals surface area contributed by atoms with Crippen LogP contribution in [0.3, 0.4) is 0 Å². The van der Waals surface area contributed by atoms with E-state index in [0.29, 0.717) is 17.2 Å². The van der Waals surface area contributed by atoms with Crippen LogP contribution >= 0.6 is 0 Å². The number of benzene rings is 1. The number of allylic oxidation sites excluding steroid dienone is 1. The molecule has 0 amide bonds. The molecule has 3 saturated heterocycles. The van der Waals surface area contributed by atoms with E-state index in [1.165, 1.54) is 0 Å². The van der Waals surface area contributed by atoms with Gasteiger partial charge in [-0.15, -0.1) is 0 Å². The van der Waals surface area contributed by atoms with E-state index in [1.807, 2.05) is 18.2 Å². The second-order valence-electron chi connectivity index (χ2n) is 5.58. The van der Waals surface area contributed by atoms with Gasteiger partial charge in [-0.3, -0.25) is 4.79 Å². The summed E-state index contributed by atoms with van der Waals surface area (Å²) in [6, 6.07) is 3.72. The lowest BCUT2D eigenvalue weighted by Gasteiger charge is -2.41. The number of fused-ring (bicyclic) bond motifs is 3. The number of piperidine rings is 3. The molecule has 4 rings (SSSR count). The van der Waals surface area contributed by atoms with Crippen LogP contribution < -0.4 is 14.2 Å². The number of hydrogen-bond acceptors (Lipinski definition) is 5. The molecule has 5 heteroatoms. The number of ether oxygens (including phenoxy) is 3. The molecular formula is C17H21NO4. The van der Waals surface area contributed by atoms with Crippen molar-refractivity contribution in [2.24, 2.45) is 5.92 Å². The summed E-state index contributed by atoms with van der Waals surface area (Å²) in [5, 5.41) is 0. The molecule has 5 nitrogen and oxygen atoms in total. The summed E-state index contributed by atoms with van der Waals surface area (Å²) >= 11 is 0. The van der Waals surface area contributed by atoms with Gasteiger partial charge in [0.15, 0.2) is 17.3 Å². The van der Waals surface area contributed by atoms with E-state index in [0.717, 1.165) is 37.2 Å². The van der Waals surface area contributed by atoms with Gasteiger partial charge in [-0.25, -0.2) is 0 Å². The van der Waals surface area contributed by atoms with Crippen molar-refractivity contribution in [3.05, 3.63) is 23.4 Å². The topological polar surface area (TPSA) is 48.0 Å². The zero-order valence-corrected chi connectivity index (χ0v) is 13.2. The molecule has 3 aliphatic heterocycles. The van der Waals surface area contributed by atoms with Crippen LogP contribution in [0.15, 0.2) is 17.8 Å². The van der Waals surface area contributed by atoms with Crippen LogP contribution in [0.4, 0.5) is 0 Å². The number of hydrogen-bond donors (Lipinski definition) is 0. The maximum atomic E-state index is 12.5. The fourth-order valence-electron chi connectivity index (χ4n) is 3.30. The van der Waals surface area contributed by atoms with Crippen molar-refractivity contribution >= 4 is 11.9 Å². The zero-order valence-electron chi connectivity index (χ0n) is 13.2. The molecule has 0 unspecified atom stereocenters. The number of methoxy groups -OCH3 is 3.